The summed E-state index contributed by atoms with van der Waals surface area (Å²) in [5, 5.41) is 8.02. The molecule has 0 aliphatic heterocycles. The van der Waals surface area contributed by atoms with Gasteiger partial charge >= 0.3 is 0 Å². The highest BCUT2D eigenvalue weighted by Crippen LogP contribution is 2.02. The molecule has 0 rings (SSSR count). The fraction of sp³-hybridized carbons (Fsp3) is 0.800. The first-order valence-corrected chi connectivity index (χ1v) is 2.22. The van der Waals surface area contributed by atoms with E-state index in [-0.39, 0.29) is 0 Å². The molecule has 40 valence electrons. The zero-order chi connectivity index (χ0) is 5.86. The number of alkyl halides is 1. The van der Waals surface area contributed by atoms with Crippen LogP contribution < -0.4 is 0 Å². The minimum atomic E-state index is -0.995. The Morgan fingerprint density at radius 2 is 2.00 bits per heavy atom. The topological polar surface area (TPSA) is 23.8 Å². The van der Waals surface area contributed by atoms with E-state index in [0.717, 1.165) is 0 Å². The van der Waals surface area contributed by atoms with Gasteiger partial charge in [0, 0.05) is 0 Å². The van der Waals surface area contributed by atoms with E-state index in [0.29, 0.717) is 0 Å². The first-order valence-electron chi connectivity index (χ1n) is 2.22. The SMILES string of the molecule is CC(F)C(C)C#N. The Hall–Kier alpha value is -0.580. The van der Waals surface area contributed by atoms with Gasteiger partial charge in [-0.05, 0) is 13.8 Å². The van der Waals surface area contributed by atoms with Crippen LogP contribution in [0.2, 0.25) is 0 Å². The highest BCUT2D eigenvalue weighted by Gasteiger charge is 2.06. The molecule has 0 aromatic carbocycles. The van der Waals surface area contributed by atoms with E-state index in [4.69, 9.17) is 5.26 Å². The Morgan fingerprint density at radius 3 is 2.00 bits per heavy atom. The standard InChI is InChI=1S/C5H8FN/c1-4(3-7)5(2)6/h4-5H,1-2H3. The lowest BCUT2D eigenvalue weighted by molar-refractivity contribution is 0.305. The van der Waals surface area contributed by atoms with Gasteiger partial charge < -0.3 is 0 Å². The molecule has 0 fully saturated rings. The van der Waals surface area contributed by atoms with Crippen molar-refractivity contribution in [1.29, 1.82) is 5.26 Å². The molecule has 0 aromatic heterocycles. The van der Waals surface area contributed by atoms with Gasteiger partial charge in [-0.3, -0.25) is 0 Å². The van der Waals surface area contributed by atoms with E-state index >= 15 is 0 Å². The van der Waals surface area contributed by atoms with Gasteiger partial charge in [0.15, 0.2) is 0 Å². The molecular weight excluding hydrogens is 93.1 g/mol. The summed E-state index contributed by atoms with van der Waals surface area (Å²) in [5.41, 5.74) is 0. The second-order valence-corrected chi connectivity index (χ2v) is 1.60. The zero-order valence-electron chi connectivity index (χ0n) is 4.48. The molecule has 1 nitrogen and oxygen atoms in total. The number of hydrogen-bond acceptors (Lipinski definition) is 1. The molecule has 0 radical (unpaired) electrons. The molecule has 0 amide bonds. The van der Waals surface area contributed by atoms with Crippen LogP contribution in [-0.2, 0) is 0 Å². The fourth-order valence-corrected chi connectivity index (χ4v) is 0.103. The largest absolute Gasteiger partial charge is 0.246 e. The lowest BCUT2D eigenvalue weighted by Gasteiger charge is -1.98. The van der Waals surface area contributed by atoms with Gasteiger partial charge in [-0.2, -0.15) is 5.26 Å². The molecule has 0 saturated carbocycles. The highest BCUT2D eigenvalue weighted by molar-refractivity contribution is 4.82. The van der Waals surface area contributed by atoms with E-state index in [9.17, 15) is 4.39 Å². The minimum absolute atomic E-state index is 0.458. The first-order chi connectivity index (χ1) is 3.18. The van der Waals surface area contributed by atoms with Crippen molar-refractivity contribution in [3.8, 4) is 6.07 Å². The fourth-order valence-electron chi connectivity index (χ4n) is 0.103. The van der Waals surface area contributed by atoms with Gasteiger partial charge in [-0.1, -0.05) is 0 Å². The molecular formula is C5H8FN. The van der Waals surface area contributed by atoms with Crippen molar-refractivity contribution in [2.45, 2.75) is 20.0 Å². The predicted molar refractivity (Wildman–Crippen MR) is 25.3 cm³/mol. The van der Waals surface area contributed by atoms with Crippen LogP contribution in [0.5, 0.6) is 0 Å². The van der Waals surface area contributed by atoms with Crippen molar-refractivity contribution in [1.82, 2.24) is 0 Å². The quantitative estimate of drug-likeness (QED) is 0.491. The van der Waals surface area contributed by atoms with Crippen LogP contribution in [0.1, 0.15) is 13.8 Å². The summed E-state index contributed by atoms with van der Waals surface area (Å²) in [7, 11) is 0. The molecule has 2 heteroatoms. The molecule has 0 bridgehead atoms. The predicted octanol–water partition coefficient (Wildman–Crippen LogP) is 1.50. The van der Waals surface area contributed by atoms with E-state index in [1.54, 1.807) is 13.0 Å². The summed E-state index contributed by atoms with van der Waals surface area (Å²) in [6, 6.07) is 1.79. The zero-order valence-corrected chi connectivity index (χ0v) is 4.48. The molecule has 2 atom stereocenters. The average molecular weight is 101 g/mol. The van der Waals surface area contributed by atoms with Gasteiger partial charge in [0.2, 0.25) is 0 Å². The third-order valence-corrected chi connectivity index (χ3v) is 0.893. The third kappa shape index (κ3) is 2.16. The Kier molecular flexibility index (Phi) is 2.36. The molecule has 0 heterocycles. The van der Waals surface area contributed by atoms with Crippen molar-refractivity contribution >= 4 is 0 Å². The molecule has 0 N–H and O–H groups in total. The third-order valence-electron chi connectivity index (χ3n) is 0.893. The summed E-state index contributed by atoms with van der Waals surface area (Å²) in [6.07, 6.45) is -0.995. The second kappa shape index (κ2) is 2.57. The Bertz CT molecular complexity index is 82.6. The lowest BCUT2D eigenvalue weighted by atomic mass is 10.1. The maximum atomic E-state index is 11.9. The van der Waals surface area contributed by atoms with Gasteiger partial charge in [0.25, 0.3) is 0 Å². The van der Waals surface area contributed by atoms with Gasteiger partial charge in [-0.25, -0.2) is 4.39 Å². The van der Waals surface area contributed by atoms with E-state index in [2.05, 4.69) is 0 Å². The summed E-state index contributed by atoms with van der Waals surface area (Å²) in [4.78, 5) is 0. The van der Waals surface area contributed by atoms with Crippen LogP contribution in [0, 0.1) is 17.2 Å². The lowest BCUT2D eigenvalue weighted by Crippen LogP contribution is -2.03. The Morgan fingerprint density at radius 1 is 1.57 bits per heavy atom. The minimum Gasteiger partial charge on any atom is -0.246 e. The van der Waals surface area contributed by atoms with E-state index in [1.807, 2.05) is 0 Å². The summed E-state index contributed by atoms with van der Waals surface area (Å²) < 4.78 is 11.9. The van der Waals surface area contributed by atoms with Crippen molar-refractivity contribution < 1.29 is 4.39 Å². The second-order valence-electron chi connectivity index (χ2n) is 1.60. The van der Waals surface area contributed by atoms with Crippen LogP contribution in [0.4, 0.5) is 4.39 Å². The van der Waals surface area contributed by atoms with Gasteiger partial charge in [0.05, 0.1) is 12.0 Å². The van der Waals surface area contributed by atoms with Crippen LogP contribution in [-0.4, -0.2) is 6.17 Å². The van der Waals surface area contributed by atoms with Crippen molar-refractivity contribution in [3.63, 3.8) is 0 Å². The molecule has 0 saturated heterocycles. The molecule has 0 aliphatic carbocycles. The molecule has 7 heavy (non-hydrogen) atoms. The number of nitrogens with zero attached hydrogens (tertiary/aromatic N) is 1. The first kappa shape index (κ1) is 6.42. The average Bonchev–Trinajstić information content (AvgIpc) is 1.65. The number of nitriles is 1. The Balaban J connectivity index is 3.40. The summed E-state index contributed by atoms with van der Waals surface area (Å²) in [5.74, 6) is -0.458. The van der Waals surface area contributed by atoms with Crippen molar-refractivity contribution in [2.75, 3.05) is 0 Å². The van der Waals surface area contributed by atoms with Crippen LogP contribution in [0.15, 0.2) is 0 Å². The van der Waals surface area contributed by atoms with Crippen molar-refractivity contribution in [3.05, 3.63) is 0 Å². The van der Waals surface area contributed by atoms with Crippen LogP contribution in [0.25, 0.3) is 0 Å². The maximum Gasteiger partial charge on any atom is 0.113 e. The Labute approximate surface area is 42.8 Å². The molecule has 0 spiro atoms. The van der Waals surface area contributed by atoms with Crippen LogP contribution >= 0.6 is 0 Å². The van der Waals surface area contributed by atoms with E-state index < -0.39 is 12.1 Å². The van der Waals surface area contributed by atoms with Gasteiger partial charge in [-0.15, -0.1) is 0 Å². The molecule has 2 unspecified atom stereocenters. The molecule has 0 aliphatic rings. The summed E-state index contributed by atoms with van der Waals surface area (Å²) >= 11 is 0. The highest BCUT2D eigenvalue weighted by atomic mass is 19.1. The summed E-state index contributed by atoms with van der Waals surface area (Å²) in [6.45, 7) is 2.94. The number of halogens is 1. The normalized spacial score (nSPS) is 17.4. The number of rotatable bonds is 1. The van der Waals surface area contributed by atoms with E-state index in [1.165, 1.54) is 6.92 Å². The van der Waals surface area contributed by atoms with Gasteiger partial charge in [0.1, 0.15) is 6.17 Å². The van der Waals surface area contributed by atoms with Crippen LogP contribution in [0.3, 0.4) is 0 Å². The molecule has 0 aromatic rings. The number of hydrogen-bond donors (Lipinski definition) is 0. The monoisotopic (exact) mass is 101 g/mol. The van der Waals surface area contributed by atoms with Crippen molar-refractivity contribution in [2.24, 2.45) is 5.92 Å². The maximum absolute atomic E-state index is 11.9. The smallest absolute Gasteiger partial charge is 0.113 e.